The molecule has 0 radical (unpaired) electrons. The Labute approximate surface area is 154 Å². The summed E-state index contributed by atoms with van der Waals surface area (Å²) in [6.07, 6.45) is 0. The number of halogens is 1. The van der Waals surface area contributed by atoms with Crippen LogP contribution in [0.5, 0.6) is 11.5 Å². The van der Waals surface area contributed by atoms with Crippen LogP contribution in [0.2, 0.25) is 5.02 Å². The summed E-state index contributed by atoms with van der Waals surface area (Å²) in [6, 6.07) is 12.4. The predicted octanol–water partition coefficient (Wildman–Crippen LogP) is 4.15. The summed E-state index contributed by atoms with van der Waals surface area (Å²) in [7, 11) is 1.63. The predicted molar refractivity (Wildman–Crippen MR) is 98.4 cm³/mol. The summed E-state index contributed by atoms with van der Waals surface area (Å²) < 4.78 is 10.9. The fourth-order valence-electron chi connectivity index (χ4n) is 2.23. The van der Waals surface area contributed by atoms with Gasteiger partial charge in [-0.25, -0.2) is 4.98 Å². The fourth-order valence-corrected chi connectivity index (χ4v) is 3.21. The van der Waals surface area contributed by atoms with Gasteiger partial charge in [0, 0.05) is 16.0 Å². The van der Waals surface area contributed by atoms with Gasteiger partial charge < -0.3 is 15.2 Å². The van der Waals surface area contributed by atoms with E-state index in [2.05, 4.69) is 4.98 Å². The largest absolute Gasteiger partial charge is 0.497 e. The molecule has 128 valence electrons. The van der Waals surface area contributed by atoms with Crippen molar-refractivity contribution in [1.29, 1.82) is 0 Å². The van der Waals surface area contributed by atoms with E-state index in [1.807, 2.05) is 29.6 Å². The highest BCUT2D eigenvalue weighted by atomic mass is 35.5. The zero-order valence-corrected chi connectivity index (χ0v) is 14.9. The molecule has 0 unspecified atom stereocenters. The molecule has 1 aromatic heterocycles. The second-order valence-electron chi connectivity index (χ2n) is 5.17. The van der Waals surface area contributed by atoms with Crippen molar-refractivity contribution in [3.63, 3.8) is 0 Å². The van der Waals surface area contributed by atoms with Gasteiger partial charge in [0.05, 0.1) is 18.4 Å². The van der Waals surface area contributed by atoms with Gasteiger partial charge in [-0.2, -0.15) is 0 Å². The molecule has 2 N–H and O–H groups in total. The zero-order valence-electron chi connectivity index (χ0n) is 13.4. The van der Waals surface area contributed by atoms with E-state index in [9.17, 15) is 4.79 Å². The number of ether oxygens (including phenoxy) is 2. The number of carbonyl (C=O) groups is 1. The Balaban J connectivity index is 1.75. The lowest BCUT2D eigenvalue weighted by Gasteiger charge is -2.08. The topological polar surface area (TPSA) is 74.4 Å². The summed E-state index contributed by atoms with van der Waals surface area (Å²) in [5.74, 6) is 0.568. The summed E-state index contributed by atoms with van der Waals surface area (Å²) in [5, 5.41) is 3.20. The SMILES string of the molecule is COc1cccc(-c2nc(COc3ccc(Cl)cc3C(N)=O)cs2)c1. The highest BCUT2D eigenvalue weighted by Gasteiger charge is 2.12. The van der Waals surface area contributed by atoms with Gasteiger partial charge in [0.2, 0.25) is 0 Å². The minimum absolute atomic E-state index is 0.225. The van der Waals surface area contributed by atoms with Crippen LogP contribution >= 0.6 is 22.9 Å². The Kier molecular flexibility index (Phi) is 5.21. The number of hydrogen-bond acceptors (Lipinski definition) is 5. The molecule has 0 aliphatic rings. The highest BCUT2D eigenvalue weighted by molar-refractivity contribution is 7.13. The van der Waals surface area contributed by atoms with Crippen LogP contribution in [0.25, 0.3) is 10.6 Å². The molecule has 0 bridgehead atoms. The van der Waals surface area contributed by atoms with E-state index in [0.29, 0.717) is 10.8 Å². The van der Waals surface area contributed by atoms with Gasteiger partial charge >= 0.3 is 0 Å². The van der Waals surface area contributed by atoms with Gasteiger partial charge in [-0.15, -0.1) is 11.3 Å². The molecular weight excluding hydrogens is 360 g/mol. The molecule has 0 spiro atoms. The first-order valence-corrected chi connectivity index (χ1v) is 8.63. The average Bonchev–Trinajstić information content (AvgIpc) is 3.09. The van der Waals surface area contributed by atoms with Gasteiger partial charge in [0.15, 0.2) is 0 Å². The van der Waals surface area contributed by atoms with E-state index in [1.165, 1.54) is 17.4 Å². The number of amides is 1. The fraction of sp³-hybridized carbons (Fsp3) is 0.111. The van der Waals surface area contributed by atoms with Crippen molar-refractivity contribution >= 4 is 28.8 Å². The molecule has 0 saturated carbocycles. The number of thiazole rings is 1. The standard InChI is InChI=1S/C18H15ClN2O3S/c1-23-14-4-2-3-11(7-14)18-21-13(10-25-18)9-24-16-6-5-12(19)8-15(16)17(20)22/h2-8,10H,9H2,1H3,(H2,20,22). The number of primary amides is 1. The zero-order chi connectivity index (χ0) is 17.8. The molecule has 0 aliphatic heterocycles. The molecule has 7 heteroatoms. The summed E-state index contributed by atoms with van der Waals surface area (Å²) in [4.78, 5) is 16.1. The van der Waals surface area contributed by atoms with Crippen molar-refractivity contribution in [2.75, 3.05) is 7.11 Å². The number of benzene rings is 2. The van der Waals surface area contributed by atoms with Crippen molar-refractivity contribution in [3.8, 4) is 22.1 Å². The number of aromatic nitrogens is 1. The molecule has 1 heterocycles. The maximum Gasteiger partial charge on any atom is 0.252 e. The first-order valence-electron chi connectivity index (χ1n) is 7.38. The van der Waals surface area contributed by atoms with Crippen molar-refractivity contribution in [2.24, 2.45) is 5.73 Å². The molecule has 0 saturated heterocycles. The van der Waals surface area contributed by atoms with E-state index >= 15 is 0 Å². The smallest absolute Gasteiger partial charge is 0.252 e. The minimum atomic E-state index is -0.590. The van der Waals surface area contributed by atoms with Crippen molar-refractivity contribution in [2.45, 2.75) is 6.61 Å². The van der Waals surface area contributed by atoms with Crippen LogP contribution in [-0.2, 0) is 6.61 Å². The third kappa shape index (κ3) is 4.10. The van der Waals surface area contributed by atoms with Crippen LogP contribution in [0.3, 0.4) is 0 Å². The minimum Gasteiger partial charge on any atom is -0.497 e. The number of nitrogens with two attached hydrogens (primary N) is 1. The summed E-state index contributed by atoms with van der Waals surface area (Å²) in [5.41, 5.74) is 7.33. The molecule has 0 fully saturated rings. The third-order valence-electron chi connectivity index (χ3n) is 3.45. The molecular formula is C18H15ClN2O3S. The molecule has 2 aromatic carbocycles. The Bertz CT molecular complexity index is 911. The number of carbonyl (C=O) groups excluding carboxylic acids is 1. The maximum atomic E-state index is 11.5. The molecule has 0 atom stereocenters. The van der Waals surface area contributed by atoms with Crippen LogP contribution in [-0.4, -0.2) is 18.0 Å². The van der Waals surface area contributed by atoms with E-state index in [0.717, 1.165) is 22.0 Å². The normalized spacial score (nSPS) is 10.5. The Morgan fingerprint density at radius 1 is 1.28 bits per heavy atom. The molecule has 5 nitrogen and oxygen atoms in total. The maximum absolute atomic E-state index is 11.5. The van der Waals surface area contributed by atoms with Crippen molar-refractivity contribution < 1.29 is 14.3 Å². The Morgan fingerprint density at radius 2 is 2.12 bits per heavy atom. The number of hydrogen-bond donors (Lipinski definition) is 1. The first-order chi connectivity index (χ1) is 12.1. The monoisotopic (exact) mass is 374 g/mol. The van der Waals surface area contributed by atoms with E-state index in [1.54, 1.807) is 19.2 Å². The van der Waals surface area contributed by atoms with E-state index in [-0.39, 0.29) is 12.2 Å². The lowest BCUT2D eigenvalue weighted by molar-refractivity contribution is 0.0996. The first kappa shape index (κ1) is 17.3. The van der Waals surface area contributed by atoms with Gasteiger partial charge in [-0.3, -0.25) is 4.79 Å². The number of nitrogens with zero attached hydrogens (tertiary/aromatic N) is 1. The van der Waals surface area contributed by atoms with E-state index in [4.69, 9.17) is 26.8 Å². The average molecular weight is 375 g/mol. The van der Waals surface area contributed by atoms with Gasteiger partial charge in [0.25, 0.3) is 5.91 Å². The van der Waals surface area contributed by atoms with Gasteiger partial charge in [-0.05, 0) is 30.3 Å². The van der Waals surface area contributed by atoms with Crippen LogP contribution in [0.4, 0.5) is 0 Å². The molecule has 0 aliphatic carbocycles. The molecule has 3 aromatic rings. The van der Waals surface area contributed by atoms with Gasteiger partial charge in [0.1, 0.15) is 23.1 Å². The molecule has 1 amide bonds. The Morgan fingerprint density at radius 3 is 2.88 bits per heavy atom. The van der Waals surface area contributed by atoms with Crippen LogP contribution in [0, 0.1) is 0 Å². The van der Waals surface area contributed by atoms with Crippen LogP contribution < -0.4 is 15.2 Å². The quantitative estimate of drug-likeness (QED) is 0.703. The van der Waals surface area contributed by atoms with E-state index < -0.39 is 5.91 Å². The van der Waals surface area contributed by atoms with Gasteiger partial charge in [-0.1, -0.05) is 23.7 Å². The number of rotatable bonds is 6. The third-order valence-corrected chi connectivity index (χ3v) is 4.63. The number of methoxy groups -OCH3 is 1. The highest BCUT2D eigenvalue weighted by Crippen LogP contribution is 2.28. The van der Waals surface area contributed by atoms with Crippen molar-refractivity contribution in [1.82, 2.24) is 4.98 Å². The second kappa shape index (κ2) is 7.55. The molecule has 25 heavy (non-hydrogen) atoms. The van der Waals surface area contributed by atoms with Crippen LogP contribution in [0.1, 0.15) is 16.1 Å². The van der Waals surface area contributed by atoms with Crippen molar-refractivity contribution in [3.05, 3.63) is 64.1 Å². The van der Waals surface area contributed by atoms with Crippen LogP contribution in [0.15, 0.2) is 47.8 Å². The molecule has 3 rings (SSSR count). The summed E-state index contributed by atoms with van der Waals surface area (Å²) in [6.45, 7) is 0.225. The lowest BCUT2D eigenvalue weighted by Crippen LogP contribution is -2.13. The second-order valence-corrected chi connectivity index (χ2v) is 6.46. The lowest BCUT2D eigenvalue weighted by atomic mass is 10.2. The summed E-state index contributed by atoms with van der Waals surface area (Å²) >= 11 is 7.40. The Hall–Kier alpha value is -2.57.